The van der Waals surface area contributed by atoms with E-state index in [-0.39, 0.29) is 17.7 Å². The van der Waals surface area contributed by atoms with Gasteiger partial charge in [-0.1, -0.05) is 0 Å². The smallest absolute Gasteiger partial charge is 0.236 e. The fraction of sp³-hybridized carbons (Fsp3) is 0.600. The van der Waals surface area contributed by atoms with Crippen LogP contribution >= 0.6 is 0 Å². The molecule has 0 unspecified atom stereocenters. The molecule has 1 aliphatic heterocycles. The summed E-state index contributed by atoms with van der Waals surface area (Å²) in [5, 5.41) is 2.69. The third-order valence-electron chi connectivity index (χ3n) is 3.96. The van der Waals surface area contributed by atoms with Gasteiger partial charge in [0.05, 0.1) is 19.4 Å². The van der Waals surface area contributed by atoms with Crippen molar-refractivity contribution in [3.05, 3.63) is 24.2 Å². The second kappa shape index (κ2) is 7.26. The second-order valence-electron chi connectivity index (χ2n) is 5.49. The van der Waals surface area contributed by atoms with Crippen molar-refractivity contribution in [1.82, 2.24) is 15.1 Å². The molecule has 0 spiro atoms. The lowest BCUT2D eigenvalue weighted by molar-refractivity contribution is -0.132. The van der Waals surface area contributed by atoms with Crippen LogP contribution in [0.1, 0.15) is 18.6 Å². The van der Waals surface area contributed by atoms with Crippen molar-refractivity contribution in [2.75, 3.05) is 33.7 Å². The maximum Gasteiger partial charge on any atom is 0.236 e. The van der Waals surface area contributed by atoms with Gasteiger partial charge in [0.15, 0.2) is 0 Å². The zero-order valence-corrected chi connectivity index (χ0v) is 12.7. The molecule has 0 saturated carbocycles. The highest BCUT2D eigenvalue weighted by Gasteiger charge is 2.25. The number of rotatable bonds is 5. The van der Waals surface area contributed by atoms with Crippen LogP contribution in [0, 0.1) is 5.92 Å². The van der Waals surface area contributed by atoms with Gasteiger partial charge in [0.25, 0.3) is 0 Å². The Hall–Kier alpha value is -1.82. The number of amides is 2. The van der Waals surface area contributed by atoms with Gasteiger partial charge in [0.1, 0.15) is 5.76 Å². The summed E-state index contributed by atoms with van der Waals surface area (Å²) in [6.07, 6.45) is 3.24. The van der Waals surface area contributed by atoms with E-state index >= 15 is 0 Å². The fourth-order valence-electron chi connectivity index (χ4n) is 2.59. The first-order valence-corrected chi connectivity index (χ1v) is 7.30. The van der Waals surface area contributed by atoms with Crippen LogP contribution in [0.3, 0.4) is 0 Å². The summed E-state index contributed by atoms with van der Waals surface area (Å²) >= 11 is 0. The first kappa shape index (κ1) is 15.6. The normalized spacial score (nSPS) is 16.7. The van der Waals surface area contributed by atoms with Gasteiger partial charge >= 0.3 is 0 Å². The number of carbonyl (C=O) groups excluding carboxylic acids is 2. The van der Waals surface area contributed by atoms with E-state index in [9.17, 15) is 9.59 Å². The Kier molecular flexibility index (Phi) is 5.38. The van der Waals surface area contributed by atoms with Gasteiger partial charge in [-0.25, -0.2) is 0 Å². The SMILES string of the molecule is CNC(=O)C1CCN(CC(=O)N(C)Cc2ccco2)CC1. The second-order valence-corrected chi connectivity index (χ2v) is 5.49. The molecule has 21 heavy (non-hydrogen) atoms. The van der Waals surface area contributed by atoms with Gasteiger partial charge in [0, 0.05) is 20.0 Å². The summed E-state index contributed by atoms with van der Waals surface area (Å²) < 4.78 is 5.25. The number of furan rings is 1. The van der Waals surface area contributed by atoms with Crippen molar-refractivity contribution in [2.45, 2.75) is 19.4 Å². The minimum atomic E-state index is 0.0739. The van der Waals surface area contributed by atoms with E-state index in [1.165, 1.54) is 0 Å². The third kappa shape index (κ3) is 4.32. The Morgan fingerprint density at radius 1 is 1.43 bits per heavy atom. The number of nitrogens with zero attached hydrogens (tertiary/aromatic N) is 2. The molecule has 6 nitrogen and oxygen atoms in total. The molecule has 6 heteroatoms. The van der Waals surface area contributed by atoms with E-state index in [2.05, 4.69) is 10.2 Å². The van der Waals surface area contributed by atoms with Crippen molar-refractivity contribution in [3.63, 3.8) is 0 Å². The fourth-order valence-corrected chi connectivity index (χ4v) is 2.59. The van der Waals surface area contributed by atoms with Crippen molar-refractivity contribution >= 4 is 11.8 Å². The summed E-state index contributed by atoms with van der Waals surface area (Å²) in [7, 11) is 3.45. The van der Waals surface area contributed by atoms with E-state index < -0.39 is 0 Å². The van der Waals surface area contributed by atoms with Crippen LogP contribution < -0.4 is 5.32 Å². The minimum absolute atomic E-state index is 0.0739. The summed E-state index contributed by atoms with van der Waals surface area (Å²) in [6, 6.07) is 3.68. The number of likely N-dealkylation sites (N-methyl/N-ethyl adjacent to an activating group) is 1. The standard InChI is InChI=1S/C15H23N3O3/c1-16-15(20)12-5-7-18(8-6-12)11-14(19)17(2)10-13-4-3-9-21-13/h3-4,9,12H,5-8,10-11H2,1-2H3,(H,16,20). The Balaban J connectivity index is 1.75. The molecule has 1 N–H and O–H groups in total. The molecule has 2 amide bonds. The minimum Gasteiger partial charge on any atom is -0.467 e. The van der Waals surface area contributed by atoms with Crippen molar-refractivity contribution < 1.29 is 14.0 Å². The van der Waals surface area contributed by atoms with Crippen LogP contribution in [-0.4, -0.2) is 55.3 Å². The zero-order valence-electron chi connectivity index (χ0n) is 12.7. The van der Waals surface area contributed by atoms with Crippen molar-refractivity contribution in [1.29, 1.82) is 0 Å². The number of carbonyl (C=O) groups is 2. The molecule has 1 aliphatic rings. The number of nitrogens with one attached hydrogen (secondary N) is 1. The molecule has 0 aliphatic carbocycles. The van der Waals surface area contributed by atoms with Crippen LogP contribution in [0.4, 0.5) is 0 Å². The quantitative estimate of drug-likeness (QED) is 0.868. The maximum absolute atomic E-state index is 12.2. The molecule has 0 bridgehead atoms. The van der Waals surface area contributed by atoms with E-state index in [4.69, 9.17) is 4.42 Å². The van der Waals surface area contributed by atoms with Gasteiger partial charge in [-0.3, -0.25) is 14.5 Å². The Labute approximate surface area is 125 Å². The molecule has 1 saturated heterocycles. The lowest BCUT2D eigenvalue weighted by Gasteiger charge is -2.31. The molecule has 2 heterocycles. The summed E-state index contributed by atoms with van der Waals surface area (Å²) in [4.78, 5) is 27.5. The predicted octanol–water partition coefficient (Wildman–Crippen LogP) is 0.696. The molecule has 1 aromatic heterocycles. The largest absolute Gasteiger partial charge is 0.467 e. The van der Waals surface area contributed by atoms with Crippen molar-refractivity contribution in [3.8, 4) is 0 Å². The first-order valence-electron chi connectivity index (χ1n) is 7.30. The predicted molar refractivity (Wildman–Crippen MR) is 78.4 cm³/mol. The highest BCUT2D eigenvalue weighted by molar-refractivity contribution is 5.79. The van der Waals surface area contributed by atoms with E-state index in [0.717, 1.165) is 31.7 Å². The van der Waals surface area contributed by atoms with Crippen LogP contribution in [-0.2, 0) is 16.1 Å². The summed E-state index contributed by atoms with van der Waals surface area (Å²) in [5.41, 5.74) is 0. The molecule has 2 rings (SSSR count). The topological polar surface area (TPSA) is 65.8 Å². The molecule has 116 valence electrons. The number of hydrogen-bond acceptors (Lipinski definition) is 4. The summed E-state index contributed by atoms with van der Waals surface area (Å²) in [6.45, 7) is 2.47. The Morgan fingerprint density at radius 3 is 2.71 bits per heavy atom. The highest BCUT2D eigenvalue weighted by Crippen LogP contribution is 2.17. The number of likely N-dealkylation sites (tertiary alicyclic amines) is 1. The Bertz CT molecular complexity index is 465. The molecule has 0 atom stereocenters. The third-order valence-corrected chi connectivity index (χ3v) is 3.96. The van der Waals surface area contributed by atoms with Gasteiger partial charge in [-0.15, -0.1) is 0 Å². The van der Waals surface area contributed by atoms with Crippen LogP contribution in [0.5, 0.6) is 0 Å². The van der Waals surface area contributed by atoms with Gasteiger partial charge in [0.2, 0.25) is 11.8 Å². The van der Waals surface area contributed by atoms with Crippen molar-refractivity contribution in [2.24, 2.45) is 5.92 Å². The monoisotopic (exact) mass is 293 g/mol. The average Bonchev–Trinajstić information content (AvgIpc) is 3.00. The van der Waals surface area contributed by atoms with E-state index in [0.29, 0.717) is 13.1 Å². The van der Waals surface area contributed by atoms with Gasteiger partial charge in [-0.2, -0.15) is 0 Å². The van der Waals surface area contributed by atoms with E-state index in [1.807, 2.05) is 12.1 Å². The lowest BCUT2D eigenvalue weighted by Crippen LogP contribution is -2.44. The number of hydrogen-bond donors (Lipinski definition) is 1. The molecule has 1 aromatic rings. The highest BCUT2D eigenvalue weighted by atomic mass is 16.3. The summed E-state index contributed by atoms with van der Waals surface area (Å²) in [5.74, 6) is 1.05. The van der Waals surface area contributed by atoms with Gasteiger partial charge in [-0.05, 0) is 38.1 Å². The molecular formula is C15H23N3O3. The van der Waals surface area contributed by atoms with Gasteiger partial charge < -0.3 is 14.6 Å². The average molecular weight is 293 g/mol. The van der Waals surface area contributed by atoms with Crippen LogP contribution in [0.15, 0.2) is 22.8 Å². The molecular weight excluding hydrogens is 270 g/mol. The number of piperidine rings is 1. The van der Waals surface area contributed by atoms with E-state index in [1.54, 1.807) is 25.3 Å². The molecule has 1 fully saturated rings. The molecule has 0 radical (unpaired) electrons. The molecule has 0 aromatic carbocycles. The lowest BCUT2D eigenvalue weighted by atomic mass is 9.96. The Morgan fingerprint density at radius 2 is 2.14 bits per heavy atom. The zero-order chi connectivity index (χ0) is 15.2. The maximum atomic E-state index is 12.2. The van der Waals surface area contributed by atoms with Crippen LogP contribution in [0.2, 0.25) is 0 Å². The first-order chi connectivity index (χ1) is 10.1. The van der Waals surface area contributed by atoms with Crippen LogP contribution in [0.25, 0.3) is 0 Å².